The SMILES string of the molecule is CC(C)C(N)C(=O)c1nc(-c2ccccc2)no1. The van der Waals surface area contributed by atoms with Crippen LogP contribution in [0.5, 0.6) is 0 Å². The molecule has 0 saturated heterocycles. The van der Waals surface area contributed by atoms with Gasteiger partial charge in [-0.15, -0.1) is 0 Å². The molecule has 5 nitrogen and oxygen atoms in total. The lowest BCUT2D eigenvalue weighted by molar-refractivity contribution is 0.0896. The normalized spacial score (nSPS) is 12.7. The molecule has 0 fully saturated rings. The molecule has 0 spiro atoms. The number of nitrogens with two attached hydrogens (primary N) is 1. The van der Waals surface area contributed by atoms with Crippen molar-refractivity contribution in [2.24, 2.45) is 11.7 Å². The summed E-state index contributed by atoms with van der Waals surface area (Å²) < 4.78 is 4.96. The number of nitrogens with zero attached hydrogens (tertiary/aromatic N) is 2. The standard InChI is InChI=1S/C13H15N3O2/c1-8(2)10(14)11(17)13-15-12(16-18-13)9-6-4-3-5-7-9/h3-8,10H,14H2,1-2H3. The van der Waals surface area contributed by atoms with Crippen LogP contribution >= 0.6 is 0 Å². The maximum atomic E-state index is 11.9. The molecule has 0 amide bonds. The van der Waals surface area contributed by atoms with Crippen LogP contribution in [-0.4, -0.2) is 22.0 Å². The molecule has 0 aliphatic heterocycles. The Morgan fingerprint density at radius 1 is 1.28 bits per heavy atom. The monoisotopic (exact) mass is 245 g/mol. The van der Waals surface area contributed by atoms with Crippen molar-refractivity contribution in [1.29, 1.82) is 0 Å². The molecule has 2 N–H and O–H groups in total. The van der Waals surface area contributed by atoms with E-state index in [1.165, 1.54) is 0 Å². The Hall–Kier alpha value is -2.01. The molecule has 0 aliphatic rings. The summed E-state index contributed by atoms with van der Waals surface area (Å²) in [6.45, 7) is 3.74. The molecule has 5 heteroatoms. The van der Waals surface area contributed by atoms with Crippen molar-refractivity contribution in [3.05, 3.63) is 36.2 Å². The Morgan fingerprint density at radius 2 is 1.94 bits per heavy atom. The van der Waals surface area contributed by atoms with E-state index in [2.05, 4.69) is 10.1 Å². The third-order valence-corrected chi connectivity index (χ3v) is 2.69. The molecule has 0 radical (unpaired) electrons. The van der Waals surface area contributed by atoms with Crippen molar-refractivity contribution in [3.8, 4) is 11.4 Å². The van der Waals surface area contributed by atoms with E-state index in [9.17, 15) is 4.79 Å². The molecule has 0 aliphatic carbocycles. The number of ketones is 1. The van der Waals surface area contributed by atoms with Gasteiger partial charge in [-0.2, -0.15) is 4.98 Å². The first kappa shape index (κ1) is 12.4. The lowest BCUT2D eigenvalue weighted by atomic mass is 10.0. The van der Waals surface area contributed by atoms with Gasteiger partial charge in [-0.25, -0.2) is 0 Å². The predicted molar refractivity (Wildman–Crippen MR) is 66.9 cm³/mol. The number of rotatable bonds is 4. The molecule has 0 bridgehead atoms. The largest absolute Gasteiger partial charge is 0.330 e. The van der Waals surface area contributed by atoms with Crippen LogP contribution in [0.3, 0.4) is 0 Å². The zero-order chi connectivity index (χ0) is 13.1. The first-order chi connectivity index (χ1) is 8.59. The van der Waals surface area contributed by atoms with Crippen molar-refractivity contribution in [3.63, 3.8) is 0 Å². The average Bonchev–Trinajstić information content (AvgIpc) is 2.87. The fourth-order valence-corrected chi connectivity index (χ4v) is 1.47. The molecule has 0 saturated carbocycles. The molecular formula is C13H15N3O2. The summed E-state index contributed by atoms with van der Waals surface area (Å²) in [5.74, 6) is 0.0780. The van der Waals surface area contributed by atoms with Crippen molar-refractivity contribution < 1.29 is 9.32 Å². The Kier molecular flexibility index (Phi) is 3.53. The second-order valence-electron chi connectivity index (χ2n) is 4.42. The first-order valence-electron chi connectivity index (χ1n) is 5.78. The maximum Gasteiger partial charge on any atom is 0.296 e. The number of hydrogen-bond donors (Lipinski definition) is 1. The Morgan fingerprint density at radius 3 is 2.56 bits per heavy atom. The number of benzene rings is 1. The van der Waals surface area contributed by atoms with Crippen LogP contribution in [0, 0.1) is 5.92 Å². The van der Waals surface area contributed by atoms with Gasteiger partial charge in [0.25, 0.3) is 5.89 Å². The van der Waals surface area contributed by atoms with E-state index in [-0.39, 0.29) is 17.6 Å². The van der Waals surface area contributed by atoms with Crippen LogP contribution in [0.1, 0.15) is 24.5 Å². The number of carbonyl (C=O) groups is 1. The van der Waals surface area contributed by atoms with Crippen LogP contribution < -0.4 is 5.73 Å². The summed E-state index contributed by atoms with van der Waals surface area (Å²) in [6, 6.07) is 8.71. The van der Waals surface area contributed by atoms with Gasteiger partial charge < -0.3 is 10.3 Å². The molecular weight excluding hydrogens is 230 g/mol. The highest BCUT2D eigenvalue weighted by atomic mass is 16.5. The smallest absolute Gasteiger partial charge is 0.296 e. The summed E-state index contributed by atoms with van der Waals surface area (Å²) in [5.41, 5.74) is 6.57. The molecule has 18 heavy (non-hydrogen) atoms. The average molecular weight is 245 g/mol. The minimum absolute atomic E-state index is 0.0320. The highest BCUT2D eigenvalue weighted by Gasteiger charge is 2.24. The number of hydrogen-bond acceptors (Lipinski definition) is 5. The summed E-state index contributed by atoms with van der Waals surface area (Å²) in [6.07, 6.45) is 0. The van der Waals surface area contributed by atoms with E-state index in [0.717, 1.165) is 5.56 Å². The molecule has 1 aromatic carbocycles. The van der Waals surface area contributed by atoms with Gasteiger partial charge in [-0.1, -0.05) is 49.3 Å². The fourth-order valence-electron chi connectivity index (χ4n) is 1.47. The van der Waals surface area contributed by atoms with Crippen LogP contribution in [-0.2, 0) is 0 Å². The van der Waals surface area contributed by atoms with E-state index in [0.29, 0.717) is 5.82 Å². The van der Waals surface area contributed by atoms with E-state index >= 15 is 0 Å². The molecule has 1 unspecified atom stereocenters. The van der Waals surface area contributed by atoms with Crippen molar-refractivity contribution in [2.45, 2.75) is 19.9 Å². The fraction of sp³-hybridized carbons (Fsp3) is 0.308. The van der Waals surface area contributed by atoms with Gasteiger partial charge in [-0.3, -0.25) is 4.79 Å². The molecule has 1 atom stereocenters. The van der Waals surface area contributed by atoms with Gasteiger partial charge in [0.2, 0.25) is 11.6 Å². The molecule has 2 aromatic rings. The van der Waals surface area contributed by atoms with Gasteiger partial charge in [0.15, 0.2) is 0 Å². The summed E-state index contributed by atoms with van der Waals surface area (Å²) in [7, 11) is 0. The Labute approximate surface area is 105 Å². The van der Waals surface area contributed by atoms with Gasteiger partial charge in [0, 0.05) is 5.56 Å². The van der Waals surface area contributed by atoms with E-state index in [4.69, 9.17) is 10.3 Å². The topological polar surface area (TPSA) is 82.0 Å². The van der Waals surface area contributed by atoms with Crippen molar-refractivity contribution in [1.82, 2.24) is 10.1 Å². The van der Waals surface area contributed by atoms with Crippen LogP contribution in [0.2, 0.25) is 0 Å². The zero-order valence-corrected chi connectivity index (χ0v) is 10.3. The molecule has 94 valence electrons. The zero-order valence-electron chi connectivity index (χ0n) is 10.3. The summed E-state index contributed by atoms with van der Waals surface area (Å²) in [4.78, 5) is 16.0. The minimum Gasteiger partial charge on any atom is -0.330 e. The molecule has 1 heterocycles. The van der Waals surface area contributed by atoms with Crippen molar-refractivity contribution >= 4 is 5.78 Å². The minimum atomic E-state index is -0.617. The third-order valence-electron chi connectivity index (χ3n) is 2.69. The lowest BCUT2D eigenvalue weighted by Gasteiger charge is -2.10. The maximum absolute atomic E-state index is 11.9. The highest BCUT2D eigenvalue weighted by Crippen LogP contribution is 2.16. The predicted octanol–water partition coefficient (Wildman–Crippen LogP) is 1.90. The highest BCUT2D eigenvalue weighted by molar-refractivity contribution is 5.96. The van der Waals surface area contributed by atoms with Gasteiger partial charge in [0.05, 0.1) is 6.04 Å². The number of Topliss-reactive ketones (excluding diaryl/α,β-unsaturated/α-hetero) is 1. The lowest BCUT2D eigenvalue weighted by Crippen LogP contribution is -2.35. The van der Waals surface area contributed by atoms with Crippen LogP contribution in [0.25, 0.3) is 11.4 Å². The first-order valence-corrected chi connectivity index (χ1v) is 5.78. The second kappa shape index (κ2) is 5.10. The Balaban J connectivity index is 2.24. The van der Waals surface area contributed by atoms with Gasteiger partial charge in [-0.05, 0) is 5.92 Å². The quantitative estimate of drug-likeness (QED) is 0.832. The Bertz CT molecular complexity index is 534. The van der Waals surface area contributed by atoms with E-state index < -0.39 is 6.04 Å². The molecule has 2 rings (SSSR count). The van der Waals surface area contributed by atoms with E-state index in [1.807, 2.05) is 44.2 Å². The third kappa shape index (κ3) is 2.46. The van der Waals surface area contributed by atoms with Gasteiger partial charge >= 0.3 is 0 Å². The van der Waals surface area contributed by atoms with Crippen LogP contribution in [0.15, 0.2) is 34.9 Å². The van der Waals surface area contributed by atoms with E-state index in [1.54, 1.807) is 0 Å². The number of aromatic nitrogens is 2. The summed E-state index contributed by atoms with van der Waals surface area (Å²) >= 11 is 0. The van der Waals surface area contributed by atoms with Gasteiger partial charge in [0.1, 0.15) is 0 Å². The van der Waals surface area contributed by atoms with Crippen LogP contribution in [0.4, 0.5) is 0 Å². The number of carbonyl (C=O) groups excluding carboxylic acids is 1. The second-order valence-corrected chi connectivity index (χ2v) is 4.42. The summed E-state index contributed by atoms with van der Waals surface area (Å²) in [5, 5.41) is 3.79. The molecule has 1 aromatic heterocycles. The van der Waals surface area contributed by atoms with Crippen molar-refractivity contribution in [2.75, 3.05) is 0 Å².